The molecule has 0 aliphatic heterocycles. The van der Waals surface area contributed by atoms with E-state index in [1.165, 1.54) is 49.1 Å². The summed E-state index contributed by atoms with van der Waals surface area (Å²) in [6.45, 7) is -0.677. The number of carbonyl (C=O) groups excluding carboxylic acids is 3. The van der Waals surface area contributed by atoms with Crippen LogP contribution in [-0.2, 0) is 28.5 Å². The summed E-state index contributed by atoms with van der Waals surface area (Å²) in [4.78, 5) is 50.8. The van der Waals surface area contributed by atoms with Crippen molar-refractivity contribution >= 4 is 17.5 Å². The quantitative estimate of drug-likeness (QED) is 0.144. The fourth-order valence-corrected chi connectivity index (χ4v) is 6.38. The van der Waals surface area contributed by atoms with Crippen molar-refractivity contribution in [1.82, 2.24) is 25.3 Å². The van der Waals surface area contributed by atoms with Crippen LogP contribution in [0.5, 0.6) is 0 Å². The van der Waals surface area contributed by atoms with Crippen LogP contribution in [0.2, 0.25) is 0 Å². The number of halogens is 6. The highest BCUT2D eigenvalue weighted by molar-refractivity contribution is 5.99. The van der Waals surface area contributed by atoms with Crippen LogP contribution in [0, 0.1) is 23.3 Å². The SMILES string of the molecule is NCC(=O)c1cnc(CC2(c3ccc(F)cc3F)CCC2)nc1.O=C(CNC(=O)C(F)F)c1cnc(CC2(c3ccc(F)cc3F)CCC2)nc1. The van der Waals surface area contributed by atoms with Crippen molar-refractivity contribution in [3.05, 3.63) is 118 Å². The molecule has 0 saturated heterocycles. The molecule has 0 radical (unpaired) electrons. The Morgan fingerprint density at radius 3 is 1.43 bits per heavy atom. The Morgan fingerprint density at radius 2 is 1.10 bits per heavy atom. The Hall–Kier alpha value is -5.05. The number of nitrogens with zero attached hydrogens (tertiary/aromatic N) is 4. The second kappa shape index (κ2) is 15.9. The maximum atomic E-state index is 14.2. The summed E-state index contributed by atoms with van der Waals surface area (Å²) in [7, 11) is 0. The number of ketones is 2. The monoisotopic (exact) mass is 712 g/mol. The van der Waals surface area contributed by atoms with Crippen LogP contribution in [0.15, 0.2) is 61.2 Å². The molecule has 2 aromatic heterocycles. The highest BCUT2D eigenvalue weighted by Gasteiger charge is 2.42. The van der Waals surface area contributed by atoms with Crippen LogP contribution in [0.25, 0.3) is 0 Å². The zero-order valence-electron chi connectivity index (χ0n) is 27.3. The molecule has 2 aliphatic rings. The molecule has 9 nitrogen and oxygen atoms in total. The van der Waals surface area contributed by atoms with Crippen molar-refractivity contribution in [2.24, 2.45) is 5.73 Å². The predicted molar refractivity (Wildman–Crippen MR) is 172 cm³/mol. The molecule has 2 saturated carbocycles. The third kappa shape index (κ3) is 8.64. The number of carbonyl (C=O) groups is 3. The summed E-state index contributed by atoms with van der Waals surface area (Å²) in [6, 6.07) is 7.21. The molecule has 2 heterocycles. The summed E-state index contributed by atoms with van der Waals surface area (Å²) in [5.74, 6) is -3.79. The lowest BCUT2D eigenvalue weighted by Gasteiger charge is -2.42. The molecule has 15 heteroatoms. The second-order valence-corrected chi connectivity index (χ2v) is 12.7. The molecule has 3 N–H and O–H groups in total. The molecule has 0 atom stereocenters. The van der Waals surface area contributed by atoms with E-state index in [1.54, 1.807) is 0 Å². The molecule has 2 fully saturated rings. The fraction of sp³-hybridized carbons (Fsp3) is 0.361. The maximum absolute atomic E-state index is 14.2. The number of hydrogen-bond acceptors (Lipinski definition) is 8. The summed E-state index contributed by atoms with van der Waals surface area (Å²) in [5.41, 5.74) is 5.75. The predicted octanol–water partition coefficient (Wildman–Crippen LogP) is 5.54. The summed E-state index contributed by atoms with van der Waals surface area (Å²) in [5, 5.41) is 1.82. The molecule has 2 aromatic carbocycles. The largest absolute Gasteiger partial charge is 0.344 e. The van der Waals surface area contributed by atoms with Crippen LogP contribution in [0.4, 0.5) is 26.3 Å². The standard InChI is InChI=1S/C19H17F4N3O2.C17H17F2N3O/c20-12-2-3-13(14(21)6-12)19(4-1-5-19)7-16-24-8-11(9-25-16)15(27)10-26-18(28)17(22)23;18-12-2-3-13(14(19)6-12)17(4-1-5-17)7-16-21-9-11(10-22-16)15(23)8-20/h2-3,6,8-9,17H,1,4-5,7,10H2,(H,26,28);2-3,6,9-10H,1,4-5,7-8,20H2. The van der Waals surface area contributed by atoms with Gasteiger partial charge in [-0.1, -0.05) is 25.0 Å². The van der Waals surface area contributed by atoms with E-state index in [-0.39, 0.29) is 17.9 Å². The molecule has 4 aromatic rings. The van der Waals surface area contributed by atoms with Crippen LogP contribution >= 0.6 is 0 Å². The lowest BCUT2D eigenvalue weighted by molar-refractivity contribution is -0.131. The first kappa shape index (κ1) is 37.2. The van der Waals surface area contributed by atoms with E-state index in [9.17, 15) is 40.7 Å². The van der Waals surface area contributed by atoms with Gasteiger partial charge in [0.25, 0.3) is 5.91 Å². The Balaban J connectivity index is 0.000000201. The zero-order valence-corrected chi connectivity index (χ0v) is 27.3. The van der Waals surface area contributed by atoms with Gasteiger partial charge in [-0.3, -0.25) is 14.4 Å². The molecule has 0 unspecified atom stereocenters. The minimum Gasteiger partial charge on any atom is -0.344 e. The molecule has 51 heavy (non-hydrogen) atoms. The van der Waals surface area contributed by atoms with E-state index in [4.69, 9.17) is 5.73 Å². The van der Waals surface area contributed by atoms with Crippen molar-refractivity contribution < 1.29 is 40.7 Å². The molecule has 6 rings (SSSR count). The molecule has 0 spiro atoms. The average Bonchev–Trinajstić information content (AvgIpc) is 3.08. The Labute approximate surface area is 289 Å². The van der Waals surface area contributed by atoms with E-state index in [2.05, 4.69) is 19.9 Å². The van der Waals surface area contributed by atoms with E-state index in [0.29, 0.717) is 54.0 Å². The Bertz CT molecular complexity index is 1880. The zero-order chi connectivity index (χ0) is 36.8. The molecule has 2 aliphatic carbocycles. The molecular formula is C36H34F6N6O3. The van der Waals surface area contributed by atoms with Gasteiger partial charge in [0.2, 0.25) is 0 Å². The molecule has 268 valence electrons. The van der Waals surface area contributed by atoms with Gasteiger partial charge in [0.15, 0.2) is 11.6 Å². The molecule has 0 bridgehead atoms. The van der Waals surface area contributed by atoms with E-state index < -0.39 is 58.8 Å². The van der Waals surface area contributed by atoms with Gasteiger partial charge in [-0.25, -0.2) is 37.5 Å². The average molecular weight is 713 g/mol. The lowest BCUT2D eigenvalue weighted by atomic mass is 9.62. The number of nitrogens with two attached hydrogens (primary N) is 1. The summed E-state index contributed by atoms with van der Waals surface area (Å²) >= 11 is 0. The van der Waals surface area contributed by atoms with Crippen molar-refractivity contribution in [3.8, 4) is 0 Å². The van der Waals surface area contributed by atoms with Crippen LogP contribution in [-0.4, -0.2) is 56.9 Å². The first-order chi connectivity index (χ1) is 24.3. The van der Waals surface area contributed by atoms with Crippen LogP contribution < -0.4 is 11.1 Å². The summed E-state index contributed by atoms with van der Waals surface area (Å²) in [6.07, 6.45) is 7.89. The highest BCUT2D eigenvalue weighted by atomic mass is 19.3. The number of benzene rings is 2. The van der Waals surface area contributed by atoms with Crippen molar-refractivity contribution in [1.29, 1.82) is 0 Å². The van der Waals surface area contributed by atoms with Gasteiger partial charge in [0.05, 0.1) is 24.2 Å². The Morgan fingerprint density at radius 1 is 0.686 bits per heavy atom. The topological polar surface area (TPSA) is 141 Å². The van der Waals surface area contributed by atoms with E-state index >= 15 is 0 Å². The van der Waals surface area contributed by atoms with Gasteiger partial charge in [0, 0.05) is 60.6 Å². The highest BCUT2D eigenvalue weighted by Crippen LogP contribution is 2.47. The summed E-state index contributed by atoms with van der Waals surface area (Å²) < 4.78 is 79.0. The fourth-order valence-electron chi connectivity index (χ4n) is 6.38. The maximum Gasteiger partial charge on any atom is 0.315 e. The normalized spacial score (nSPS) is 15.5. The van der Waals surface area contributed by atoms with Crippen LogP contribution in [0.1, 0.15) is 82.0 Å². The molecular weight excluding hydrogens is 678 g/mol. The van der Waals surface area contributed by atoms with Gasteiger partial charge in [-0.05, 0) is 48.9 Å². The number of amides is 1. The Kier molecular flexibility index (Phi) is 11.6. The number of aromatic nitrogens is 4. The van der Waals surface area contributed by atoms with Crippen molar-refractivity contribution in [3.63, 3.8) is 0 Å². The minimum absolute atomic E-state index is 0.0638. The number of rotatable bonds is 12. The van der Waals surface area contributed by atoms with E-state index in [1.807, 2.05) is 5.32 Å². The number of hydrogen-bond donors (Lipinski definition) is 2. The smallest absolute Gasteiger partial charge is 0.315 e. The molecule has 1 amide bonds. The van der Waals surface area contributed by atoms with Gasteiger partial charge in [-0.2, -0.15) is 8.78 Å². The number of Topliss-reactive ketones (excluding diaryl/α,β-unsaturated/α-hetero) is 2. The lowest BCUT2D eigenvalue weighted by Crippen LogP contribution is -2.38. The van der Waals surface area contributed by atoms with Gasteiger partial charge in [0.1, 0.15) is 34.9 Å². The minimum atomic E-state index is -3.20. The van der Waals surface area contributed by atoms with Gasteiger partial charge >= 0.3 is 6.43 Å². The first-order valence-corrected chi connectivity index (χ1v) is 16.2. The third-order valence-electron chi connectivity index (χ3n) is 9.48. The third-order valence-corrected chi connectivity index (χ3v) is 9.48. The first-order valence-electron chi connectivity index (χ1n) is 16.2. The number of alkyl halides is 2. The van der Waals surface area contributed by atoms with E-state index in [0.717, 1.165) is 37.8 Å². The van der Waals surface area contributed by atoms with Crippen LogP contribution in [0.3, 0.4) is 0 Å². The van der Waals surface area contributed by atoms with Crippen molar-refractivity contribution in [2.45, 2.75) is 68.6 Å². The van der Waals surface area contributed by atoms with Gasteiger partial charge < -0.3 is 11.1 Å². The van der Waals surface area contributed by atoms with Gasteiger partial charge in [-0.15, -0.1) is 0 Å². The number of nitrogens with one attached hydrogen (secondary N) is 1. The second-order valence-electron chi connectivity index (χ2n) is 12.7. The van der Waals surface area contributed by atoms with Crippen molar-refractivity contribution in [2.75, 3.05) is 13.1 Å².